The lowest BCUT2D eigenvalue weighted by molar-refractivity contribution is -0.148. The summed E-state index contributed by atoms with van der Waals surface area (Å²) in [6.45, 7) is 8.04. The smallest absolute Gasteiger partial charge is 0.307 e. The second kappa shape index (κ2) is 6.90. The van der Waals surface area contributed by atoms with Crippen molar-refractivity contribution in [2.45, 2.75) is 64.0 Å². The van der Waals surface area contributed by atoms with Gasteiger partial charge in [-0.25, -0.2) is 0 Å². The molecule has 2 rings (SSSR count). The Balaban J connectivity index is 2.11. The summed E-state index contributed by atoms with van der Waals surface area (Å²) in [4.78, 5) is 17.1. The van der Waals surface area contributed by atoms with E-state index >= 15 is 0 Å². The number of hydrogen-bond donors (Lipinski definition) is 0. The third kappa shape index (κ3) is 3.53. The van der Waals surface area contributed by atoms with E-state index < -0.39 is 0 Å². The number of ether oxygens (including phenoxy) is 1. The van der Waals surface area contributed by atoms with Crippen LogP contribution in [0.1, 0.15) is 52.4 Å². The highest BCUT2D eigenvalue weighted by atomic mass is 16.5. The first kappa shape index (κ1) is 15.8. The van der Waals surface area contributed by atoms with Crippen molar-refractivity contribution in [2.75, 3.05) is 33.3 Å². The van der Waals surface area contributed by atoms with Crippen LogP contribution in [0.2, 0.25) is 0 Å². The lowest BCUT2D eigenvalue weighted by Gasteiger charge is -2.51. The molecule has 2 aliphatic rings. The van der Waals surface area contributed by atoms with Crippen LogP contribution in [0.4, 0.5) is 0 Å². The van der Waals surface area contributed by atoms with Gasteiger partial charge in [-0.2, -0.15) is 0 Å². The number of rotatable bonds is 4. The fourth-order valence-electron chi connectivity index (χ4n) is 3.82. The molecular formula is C16H30N2O2. The summed E-state index contributed by atoms with van der Waals surface area (Å²) in [7, 11) is 2.19. The van der Waals surface area contributed by atoms with Gasteiger partial charge >= 0.3 is 5.97 Å². The number of esters is 1. The van der Waals surface area contributed by atoms with Crippen molar-refractivity contribution in [1.29, 1.82) is 0 Å². The topological polar surface area (TPSA) is 32.8 Å². The lowest BCUT2D eigenvalue weighted by Crippen LogP contribution is -2.59. The van der Waals surface area contributed by atoms with Crippen molar-refractivity contribution < 1.29 is 9.53 Å². The molecule has 2 aliphatic heterocycles. The number of carbonyl (C=O) groups is 1. The second-order valence-corrected chi connectivity index (χ2v) is 6.54. The first-order valence-electron chi connectivity index (χ1n) is 8.18. The Labute approximate surface area is 123 Å². The number of likely N-dealkylation sites (tertiary alicyclic amines) is 2. The van der Waals surface area contributed by atoms with Crippen LogP contribution in [0.3, 0.4) is 0 Å². The minimum atomic E-state index is -0.0187. The molecule has 0 aromatic carbocycles. The van der Waals surface area contributed by atoms with Gasteiger partial charge in [0, 0.05) is 11.6 Å². The molecule has 0 bridgehead atoms. The average molecular weight is 282 g/mol. The highest BCUT2D eigenvalue weighted by molar-refractivity contribution is 5.71. The maximum Gasteiger partial charge on any atom is 0.307 e. The van der Waals surface area contributed by atoms with Crippen molar-refractivity contribution in [1.82, 2.24) is 9.80 Å². The Morgan fingerprint density at radius 1 is 1.25 bits per heavy atom. The molecule has 2 fully saturated rings. The molecule has 0 amide bonds. The normalized spacial score (nSPS) is 33.0. The van der Waals surface area contributed by atoms with E-state index in [1.54, 1.807) is 0 Å². The van der Waals surface area contributed by atoms with E-state index in [0.717, 1.165) is 32.5 Å². The van der Waals surface area contributed by atoms with Crippen LogP contribution in [0.5, 0.6) is 0 Å². The monoisotopic (exact) mass is 282 g/mol. The van der Waals surface area contributed by atoms with E-state index in [-0.39, 0.29) is 11.5 Å². The molecule has 2 atom stereocenters. The van der Waals surface area contributed by atoms with Crippen LogP contribution < -0.4 is 0 Å². The van der Waals surface area contributed by atoms with Gasteiger partial charge in [0.05, 0.1) is 13.0 Å². The minimum Gasteiger partial charge on any atom is -0.466 e. The zero-order chi connectivity index (χ0) is 14.6. The second-order valence-electron chi connectivity index (χ2n) is 6.54. The van der Waals surface area contributed by atoms with Crippen LogP contribution in [0.25, 0.3) is 0 Å². The molecule has 2 unspecified atom stereocenters. The fourth-order valence-corrected chi connectivity index (χ4v) is 3.82. The Kier molecular flexibility index (Phi) is 5.44. The predicted octanol–water partition coefficient (Wildman–Crippen LogP) is 2.28. The molecular weight excluding hydrogens is 252 g/mol. The summed E-state index contributed by atoms with van der Waals surface area (Å²) in [5.41, 5.74) is 0.0403. The highest BCUT2D eigenvalue weighted by Crippen LogP contribution is 2.36. The van der Waals surface area contributed by atoms with Gasteiger partial charge in [-0.3, -0.25) is 9.69 Å². The zero-order valence-corrected chi connectivity index (χ0v) is 13.4. The molecule has 2 heterocycles. The summed E-state index contributed by atoms with van der Waals surface area (Å²) in [6, 6.07) is 0.542. The predicted molar refractivity (Wildman–Crippen MR) is 80.7 cm³/mol. The van der Waals surface area contributed by atoms with Gasteiger partial charge in [-0.1, -0.05) is 6.42 Å². The standard InChI is InChI=1S/C16H30N2O2/c1-4-20-15(19)13-16(18-9-6-5-7-10-18)8-11-17(3)14(2)12-16/h14H,4-13H2,1-3H3. The van der Waals surface area contributed by atoms with Crippen molar-refractivity contribution >= 4 is 5.97 Å². The molecule has 0 N–H and O–H groups in total. The summed E-state index contributed by atoms with van der Waals surface area (Å²) in [5.74, 6) is -0.0187. The van der Waals surface area contributed by atoms with E-state index in [9.17, 15) is 4.79 Å². The maximum atomic E-state index is 12.1. The Hall–Kier alpha value is -0.610. The van der Waals surface area contributed by atoms with Gasteiger partial charge in [0.2, 0.25) is 0 Å². The summed E-state index contributed by atoms with van der Waals surface area (Å²) in [5, 5.41) is 0. The molecule has 2 saturated heterocycles. The SMILES string of the molecule is CCOC(=O)CC1(N2CCCCC2)CCN(C)C(C)C1. The van der Waals surface area contributed by atoms with Gasteiger partial charge < -0.3 is 9.64 Å². The van der Waals surface area contributed by atoms with Gasteiger partial charge in [0.1, 0.15) is 0 Å². The first-order chi connectivity index (χ1) is 9.57. The lowest BCUT2D eigenvalue weighted by atomic mass is 9.78. The number of nitrogens with zero attached hydrogens (tertiary/aromatic N) is 2. The fraction of sp³-hybridized carbons (Fsp3) is 0.938. The highest BCUT2D eigenvalue weighted by Gasteiger charge is 2.43. The molecule has 4 heteroatoms. The Morgan fingerprint density at radius 2 is 1.95 bits per heavy atom. The van der Waals surface area contributed by atoms with Crippen LogP contribution >= 0.6 is 0 Å². The van der Waals surface area contributed by atoms with Gasteiger partial charge in [-0.05, 0) is 66.2 Å². The van der Waals surface area contributed by atoms with Crippen molar-refractivity contribution in [3.63, 3.8) is 0 Å². The van der Waals surface area contributed by atoms with Gasteiger partial charge in [0.15, 0.2) is 0 Å². The minimum absolute atomic E-state index is 0.0187. The van der Waals surface area contributed by atoms with Crippen molar-refractivity contribution in [3.05, 3.63) is 0 Å². The van der Waals surface area contributed by atoms with E-state index in [0.29, 0.717) is 19.1 Å². The van der Waals surface area contributed by atoms with Gasteiger partial charge in [-0.15, -0.1) is 0 Å². The Bertz CT molecular complexity index is 328. The van der Waals surface area contributed by atoms with E-state index in [4.69, 9.17) is 4.74 Å². The van der Waals surface area contributed by atoms with Crippen LogP contribution in [-0.2, 0) is 9.53 Å². The van der Waals surface area contributed by atoms with E-state index in [1.165, 1.54) is 19.3 Å². The van der Waals surface area contributed by atoms with E-state index in [1.807, 2.05) is 6.92 Å². The molecule has 116 valence electrons. The summed E-state index contributed by atoms with van der Waals surface area (Å²) >= 11 is 0. The van der Waals surface area contributed by atoms with Gasteiger partial charge in [0.25, 0.3) is 0 Å². The molecule has 0 saturated carbocycles. The van der Waals surface area contributed by atoms with Crippen molar-refractivity contribution in [3.8, 4) is 0 Å². The molecule has 0 spiro atoms. The average Bonchev–Trinajstić information content (AvgIpc) is 2.44. The molecule has 0 radical (unpaired) electrons. The molecule has 0 aliphatic carbocycles. The summed E-state index contributed by atoms with van der Waals surface area (Å²) < 4.78 is 5.24. The first-order valence-corrected chi connectivity index (χ1v) is 8.18. The largest absolute Gasteiger partial charge is 0.466 e. The third-order valence-corrected chi connectivity index (χ3v) is 5.16. The number of piperidine rings is 2. The third-order valence-electron chi connectivity index (χ3n) is 5.16. The maximum absolute atomic E-state index is 12.1. The van der Waals surface area contributed by atoms with Crippen LogP contribution in [0.15, 0.2) is 0 Å². The van der Waals surface area contributed by atoms with Crippen LogP contribution in [-0.4, -0.2) is 60.6 Å². The molecule has 20 heavy (non-hydrogen) atoms. The molecule has 0 aromatic rings. The number of carbonyl (C=O) groups excluding carboxylic acids is 1. The Morgan fingerprint density at radius 3 is 2.55 bits per heavy atom. The van der Waals surface area contributed by atoms with Crippen molar-refractivity contribution in [2.24, 2.45) is 0 Å². The van der Waals surface area contributed by atoms with Crippen LogP contribution in [0, 0.1) is 0 Å². The van der Waals surface area contributed by atoms with E-state index in [2.05, 4.69) is 23.8 Å². The quantitative estimate of drug-likeness (QED) is 0.741. The summed E-state index contributed by atoms with van der Waals surface area (Å²) in [6.07, 6.45) is 6.62. The molecule has 0 aromatic heterocycles. The molecule has 4 nitrogen and oxygen atoms in total. The zero-order valence-electron chi connectivity index (χ0n) is 13.4. The number of hydrogen-bond acceptors (Lipinski definition) is 4.